The molecule has 0 unspecified atom stereocenters. The Morgan fingerprint density at radius 2 is 1.93 bits per heavy atom. The fourth-order valence-corrected chi connectivity index (χ4v) is 3.51. The number of nitrogens with zero attached hydrogens (tertiary/aromatic N) is 3. The highest BCUT2D eigenvalue weighted by molar-refractivity contribution is 9.10. The number of hydrogen-bond acceptors (Lipinski definition) is 6. The minimum Gasteiger partial charge on any atom is -0.493 e. The van der Waals surface area contributed by atoms with Crippen LogP contribution < -0.4 is 19.1 Å². The van der Waals surface area contributed by atoms with Crippen LogP contribution in [0.2, 0.25) is 0 Å². The molecule has 0 N–H and O–H groups in total. The zero-order valence-electron chi connectivity index (χ0n) is 15.0. The van der Waals surface area contributed by atoms with E-state index in [2.05, 4.69) is 25.8 Å². The first kappa shape index (κ1) is 17.9. The number of aromatic nitrogens is 1. The minimum atomic E-state index is -0.0336. The third-order valence-corrected chi connectivity index (χ3v) is 5.15. The molecule has 1 amide bonds. The Morgan fingerprint density at radius 1 is 1.15 bits per heavy atom. The number of methoxy groups -OCH3 is 1. The predicted octanol–water partition coefficient (Wildman–Crippen LogP) is 2.59. The number of rotatable bonds is 3. The van der Waals surface area contributed by atoms with Gasteiger partial charge in [-0.3, -0.25) is 4.79 Å². The number of carbonyl (C=O) groups excluding carboxylic acids is 1. The molecule has 3 heterocycles. The number of pyridine rings is 1. The molecule has 142 valence electrons. The fourth-order valence-electron chi connectivity index (χ4n) is 3.27. The van der Waals surface area contributed by atoms with Crippen molar-refractivity contribution in [3.05, 3.63) is 40.5 Å². The lowest BCUT2D eigenvalue weighted by Gasteiger charge is -2.35. The van der Waals surface area contributed by atoms with Gasteiger partial charge >= 0.3 is 0 Å². The van der Waals surface area contributed by atoms with Gasteiger partial charge in [0.05, 0.1) is 7.11 Å². The fraction of sp³-hybridized carbons (Fsp3) is 0.368. The van der Waals surface area contributed by atoms with Crippen molar-refractivity contribution in [3.63, 3.8) is 0 Å². The lowest BCUT2D eigenvalue weighted by Crippen LogP contribution is -2.49. The van der Waals surface area contributed by atoms with Crippen LogP contribution in [0.3, 0.4) is 0 Å². The summed E-state index contributed by atoms with van der Waals surface area (Å²) >= 11 is 3.40. The molecule has 4 rings (SSSR count). The Hall–Kier alpha value is -2.48. The molecule has 1 saturated heterocycles. The summed E-state index contributed by atoms with van der Waals surface area (Å²) in [6.07, 6.45) is 1.79. The average molecular weight is 434 g/mol. The van der Waals surface area contributed by atoms with Gasteiger partial charge in [0.15, 0.2) is 11.5 Å². The normalized spacial score (nSPS) is 16.2. The van der Waals surface area contributed by atoms with Gasteiger partial charge in [-0.15, -0.1) is 0 Å². The molecule has 1 fully saturated rings. The van der Waals surface area contributed by atoms with Gasteiger partial charge < -0.3 is 24.0 Å². The molecule has 7 nitrogen and oxygen atoms in total. The number of piperazine rings is 1. The number of carbonyl (C=O) groups is 1. The summed E-state index contributed by atoms with van der Waals surface area (Å²) in [6, 6.07) is 7.41. The predicted molar refractivity (Wildman–Crippen MR) is 104 cm³/mol. The molecule has 2 aliphatic heterocycles. The Labute approximate surface area is 166 Å². The van der Waals surface area contributed by atoms with Crippen LogP contribution in [0.1, 0.15) is 10.4 Å². The quantitative estimate of drug-likeness (QED) is 0.740. The molecule has 0 atom stereocenters. The largest absolute Gasteiger partial charge is 0.493 e. The SMILES string of the molecule is COc1cc(C(=O)N2CCN(c3ccc(Br)cn3)CC2)cc2c1OCCO2. The monoisotopic (exact) mass is 433 g/mol. The Kier molecular flexibility index (Phi) is 5.07. The van der Waals surface area contributed by atoms with E-state index in [1.165, 1.54) is 0 Å². The molecular weight excluding hydrogens is 414 g/mol. The van der Waals surface area contributed by atoms with Gasteiger partial charge in [0, 0.05) is 42.4 Å². The van der Waals surface area contributed by atoms with E-state index in [0.717, 1.165) is 23.4 Å². The second-order valence-corrected chi connectivity index (χ2v) is 7.23. The van der Waals surface area contributed by atoms with Crippen molar-refractivity contribution in [2.45, 2.75) is 0 Å². The Morgan fingerprint density at radius 3 is 2.63 bits per heavy atom. The van der Waals surface area contributed by atoms with Gasteiger partial charge in [0.1, 0.15) is 19.0 Å². The maximum atomic E-state index is 13.0. The van der Waals surface area contributed by atoms with Crippen molar-refractivity contribution in [2.75, 3.05) is 51.4 Å². The molecule has 0 radical (unpaired) electrons. The van der Waals surface area contributed by atoms with E-state index in [9.17, 15) is 4.79 Å². The highest BCUT2D eigenvalue weighted by Crippen LogP contribution is 2.40. The van der Waals surface area contributed by atoms with Gasteiger partial charge in [0.25, 0.3) is 5.91 Å². The zero-order valence-corrected chi connectivity index (χ0v) is 16.6. The summed E-state index contributed by atoms with van der Waals surface area (Å²) in [5.41, 5.74) is 0.548. The summed E-state index contributed by atoms with van der Waals surface area (Å²) in [5.74, 6) is 2.53. The van der Waals surface area contributed by atoms with E-state index in [0.29, 0.717) is 49.1 Å². The molecule has 0 spiro atoms. The molecule has 2 aromatic rings. The smallest absolute Gasteiger partial charge is 0.254 e. The van der Waals surface area contributed by atoms with Gasteiger partial charge in [-0.2, -0.15) is 0 Å². The van der Waals surface area contributed by atoms with E-state index in [1.54, 1.807) is 25.4 Å². The maximum Gasteiger partial charge on any atom is 0.254 e. The minimum absolute atomic E-state index is 0.0336. The molecule has 0 saturated carbocycles. The van der Waals surface area contributed by atoms with Crippen molar-refractivity contribution < 1.29 is 19.0 Å². The van der Waals surface area contributed by atoms with E-state index in [-0.39, 0.29) is 5.91 Å². The van der Waals surface area contributed by atoms with E-state index in [4.69, 9.17) is 14.2 Å². The van der Waals surface area contributed by atoms with Crippen LogP contribution in [0.4, 0.5) is 5.82 Å². The Bertz CT molecular complexity index is 818. The van der Waals surface area contributed by atoms with Crippen LogP contribution in [-0.2, 0) is 0 Å². The third kappa shape index (κ3) is 3.66. The number of hydrogen-bond donors (Lipinski definition) is 0. The summed E-state index contributed by atoms with van der Waals surface area (Å²) in [4.78, 5) is 21.4. The summed E-state index contributed by atoms with van der Waals surface area (Å²) in [5, 5.41) is 0. The summed E-state index contributed by atoms with van der Waals surface area (Å²) < 4.78 is 17.6. The molecule has 2 aliphatic rings. The van der Waals surface area contributed by atoms with Crippen molar-refractivity contribution in [1.29, 1.82) is 0 Å². The lowest BCUT2D eigenvalue weighted by atomic mass is 10.1. The zero-order chi connectivity index (χ0) is 18.8. The van der Waals surface area contributed by atoms with Gasteiger partial charge in [0.2, 0.25) is 5.75 Å². The molecular formula is C19H20BrN3O4. The van der Waals surface area contributed by atoms with E-state index < -0.39 is 0 Å². The lowest BCUT2D eigenvalue weighted by molar-refractivity contribution is 0.0744. The van der Waals surface area contributed by atoms with Crippen LogP contribution in [0.25, 0.3) is 0 Å². The second kappa shape index (κ2) is 7.64. The molecule has 1 aromatic carbocycles. The summed E-state index contributed by atoms with van der Waals surface area (Å²) in [7, 11) is 1.56. The third-order valence-electron chi connectivity index (χ3n) is 4.68. The van der Waals surface area contributed by atoms with Crippen LogP contribution in [0.15, 0.2) is 34.9 Å². The van der Waals surface area contributed by atoms with Crippen molar-refractivity contribution in [2.24, 2.45) is 0 Å². The Balaban J connectivity index is 1.47. The van der Waals surface area contributed by atoms with Crippen molar-refractivity contribution in [3.8, 4) is 17.2 Å². The number of fused-ring (bicyclic) bond motifs is 1. The standard InChI is InChI=1S/C19H20BrN3O4/c1-25-15-10-13(11-16-18(15)27-9-8-26-16)19(24)23-6-4-22(5-7-23)17-3-2-14(20)12-21-17/h2-3,10-12H,4-9H2,1H3. The highest BCUT2D eigenvalue weighted by Gasteiger charge is 2.26. The number of ether oxygens (including phenoxy) is 3. The number of benzene rings is 1. The molecule has 0 bridgehead atoms. The van der Waals surface area contributed by atoms with Crippen LogP contribution in [0, 0.1) is 0 Å². The van der Waals surface area contributed by atoms with Crippen molar-refractivity contribution in [1.82, 2.24) is 9.88 Å². The first-order valence-electron chi connectivity index (χ1n) is 8.79. The van der Waals surface area contributed by atoms with Crippen LogP contribution in [0.5, 0.6) is 17.2 Å². The van der Waals surface area contributed by atoms with Gasteiger partial charge in [-0.05, 0) is 40.2 Å². The number of amides is 1. The van der Waals surface area contributed by atoms with Gasteiger partial charge in [-0.25, -0.2) is 4.98 Å². The van der Waals surface area contributed by atoms with Crippen LogP contribution >= 0.6 is 15.9 Å². The summed E-state index contributed by atoms with van der Waals surface area (Å²) in [6.45, 7) is 3.68. The first-order valence-corrected chi connectivity index (χ1v) is 9.58. The second-order valence-electron chi connectivity index (χ2n) is 6.32. The topological polar surface area (TPSA) is 64.1 Å². The molecule has 0 aliphatic carbocycles. The highest BCUT2D eigenvalue weighted by atomic mass is 79.9. The first-order chi connectivity index (χ1) is 13.2. The maximum absolute atomic E-state index is 13.0. The average Bonchev–Trinajstić information content (AvgIpc) is 2.73. The van der Waals surface area contributed by atoms with E-state index >= 15 is 0 Å². The van der Waals surface area contributed by atoms with Gasteiger partial charge in [-0.1, -0.05) is 0 Å². The van der Waals surface area contributed by atoms with Crippen molar-refractivity contribution >= 4 is 27.7 Å². The molecule has 8 heteroatoms. The van der Waals surface area contributed by atoms with Crippen LogP contribution in [-0.4, -0.2) is 62.3 Å². The number of halogens is 1. The molecule has 27 heavy (non-hydrogen) atoms. The number of anilines is 1. The molecule has 1 aromatic heterocycles. The van der Waals surface area contributed by atoms with E-state index in [1.807, 2.05) is 17.0 Å².